The van der Waals surface area contributed by atoms with Gasteiger partial charge in [0.2, 0.25) is 0 Å². The lowest BCUT2D eigenvalue weighted by Gasteiger charge is -2.03. The van der Waals surface area contributed by atoms with Crippen LogP contribution in [0.25, 0.3) is 0 Å². The summed E-state index contributed by atoms with van der Waals surface area (Å²) in [4.78, 5) is 10.8. The zero-order valence-electron chi connectivity index (χ0n) is 8.90. The first-order valence-corrected chi connectivity index (χ1v) is 5.45. The Morgan fingerprint density at radius 2 is 2.29 bits per heavy atom. The molecule has 2 rings (SSSR count). The Labute approximate surface area is 101 Å². The molecule has 1 aromatic carbocycles. The summed E-state index contributed by atoms with van der Waals surface area (Å²) in [6, 6.07) is 4.35. The standard InChI is InChI=1S/C9H9N5O2S/c1-13-5-11-12-9(13)17-8-3-2-6(14(15)16)4-7(8)10/h2-5H,10H2,1H3. The van der Waals surface area contributed by atoms with Gasteiger partial charge in [-0.25, -0.2) is 0 Å². The first-order valence-electron chi connectivity index (χ1n) is 4.63. The number of nitrogen functional groups attached to an aromatic ring is 1. The van der Waals surface area contributed by atoms with Crippen molar-refractivity contribution in [1.82, 2.24) is 14.8 Å². The number of nitrogens with two attached hydrogens (primary N) is 1. The summed E-state index contributed by atoms with van der Waals surface area (Å²) in [5.74, 6) is 0. The molecule has 0 saturated carbocycles. The highest BCUT2D eigenvalue weighted by Crippen LogP contribution is 2.32. The number of anilines is 1. The third-order valence-electron chi connectivity index (χ3n) is 2.08. The van der Waals surface area contributed by atoms with E-state index in [-0.39, 0.29) is 5.69 Å². The van der Waals surface area contributed by atoms with Gasteiger partial charge in [-0.2, -0.15) is 0 Å². The van der Waals surface area contributed by atoms with Crippen LogP contribution in [0.3, 0.4) is 0 Å². The Balaban J connectivity index is 2.29. The Morgan fingerprint density at radius 3 is 2.82 bits per heavy atom. The molecular formula is C9H9N5O2S. The van der Waals surface area contributed by atoms with Gasteiger partial charge in [0, 0.05) is 24.1 Å². The first kappa shape index (κ1) is 11.4. The molecule has 0 unspecified atom stereocenters. The number of nitro benzene ring substituents is 1. The van der Waals surface area contributed by atoms with Crippen LogP contribution in [0.1, 0.15) is 0 Å². The summed E-state index contributed by atoms with van der Waals surface area (Å²) in [6.45, 7) is 0. The van der Waals surface area contributed by atoms with E-state index < -0.39 is 4.92 Å². The Hall–Kier alpha value is -2.09. The maximum Gasteiger partial charge on any atom is 0.271 e. The molecule has 0 bridgehead atoms. The normalized spacial score (nSPS) is 10.4. The summed E-state index contributed by atoms with van der Waals surface area (Å²) in [6.07, 6.45) is 1.57. The SMILES string of the molecule is Cn1cnnc1Sc1ccc([N+](=O)[O-])cc1N. The minimum Gasteiger partial charge on any atom is -0.398 e. The Bertz CT molecular complexity index is 568. The Kier molecular flexibility index (Phi) is 2.96. The van der Waals surface area contributed by atoms with Crippen molar-refractivity contribution in [3.05, 3.63) is 34.6 Å². The van der Waals surface area contributed by atoms with Gasteiger partial charge in [0.05, 0.1) is 10.6 Å². The van der Waals surface area contributed by atoms with E-state index in [0.717, 1.165) is 0 Å². The molecule has 8 heteroatoms. The van der Waals surface area contributed by atoms with Gasteiger partial charge in [-0.3, -0.25) is 10.1 Å². The van der Waals surface area contributed by atoms with Crippen LogP contribution in [0.4, 0.5) is 11.4 Å². The van der Waals surface area contributed by atoms with Gasteiger partial charge in [0.25, 0.3) is 5.69 Å². The highest BCUT2D eigenvalue weighted by atomic mass is 32.2. The number of nitro groups is 1. The van der Waals surface area contributed by atoms with Crippen molar-refractivity contribution < 1.29 is 4.92 Å². The molecular weight excluding hydrogens is 242 g/mol. The fraction of sp³-hybridized carbons (Fsp3) is 0.111. The predicted molar refractivity (Wildman–Crippen MR) is 62.6 cm³/mol. The fourth-order valence-electron chi connectivity index (χ4n) is 1.21. The van der Waals surface area contributed by atoms with Crippen LogP contribution in [-0.4, -0.2) is 19.7 Å². The molecule has 7 nitrogen and oxygen atoms in total. The minimum atomic E-state index is -0.479. The van der Waals surface area contributed by atoms with Crippen molar-refractivity contribution in [2.45, 2.75) is 10.1 Å². The molecule has 0 aliphatic heterocycles. The van der Waals surface area contributed by atoms with Gasteiger partial charge < -0.3 is 10.3 Å². The van der Waals surface area contributed by atoms with Crippen molar-refractivity contribution in [1.29, 1.82) is 0 Å². The van der Waals surface area contributed by atoms with Crippen molar-refractivity contribution in [3.8, 4) is 0 Å². The second kappa shape index (κ2) is 4.42. The smallest absolute Gasteiger partial charge is 0.271 e. The quantitative estimate of drug-likeness (QED) is 0.503. The van der Waals surface area contributed by atoms with Gasteiger partial charge in [-0.05, 0) is 17.8 Å². The molecule has 2 N–H and O–H groups in total. The highest BCUT2D eigenvalue weighted by Gasteiger charge is 2.11. The number of hydrogen-bond donors (Lipinski definition) is 1. The summed E-state index contributed by atoms with van der Waals surface area (Å²) >= 11 is 1.31. The van der Waals surface area contributed by atoms with E-state index in [1.807, 2.05) is 7.05 Å². The van der Waals surface area contributed by atoms with E-state index >= 15 is 0 Å². The van der Waals surface area contributed by atoms with E-state index in [0.29, 0.717) is 15.7 Å². The second-order valence-electron chi connectivity index (χ2n) is 3.31. The maximum absolute atomic E-state index is 10.6. The third-order valence-corrected chi connectivity index (χ3v) is 3.22. The number of hydrogen-bond acceptors (Lipinski definition) is 6. The molecule has 1 aromatic heterocycles. The number of nitrogens with zero attached hydrogens (tertiary/aromatic N) is 4. The molecule has 0 aliphatic rings. The molecule has 0 atom stereocenters. The van der Waals surface area contributed by atoms with Crippen molar-refractivity contribution in [2.75, 3.05) is 5.73 Å². The summed E-state index contributed by atoms with van der Waals surface area (Å²) in [7, 11) is 1.81. The Morgan fingerprint density at radius 1 is 1.53 bits per heavy atom. The van der Waals surface area contributed by atoms with Crippen molar-refractivity contribution in [3.63, 3.8) is 0 Å². The molecule has 0 amide bonds. The van der Waals surface area contributed by atoms with Gasteiger partial charge in [0.1, 0.15) is 6.33 Å². The zero-order valence-corrected chi connectivity index (χ0v) is 9.72. The molecule has 0 fully saturated rings. The first-order chi connectivity index (χ1) is 8.08. The number of benzene rings is 1. The monoisotopic (exact) mass is 251 g/mol. The molecule has 0 aliphatic carbocycles. The van der Waals surface area contributed by atoms with Gasteiger partial charge in [-0.1, -0.05) is 0 Å². The number of aromatic nitrogens is 3. The van der Waals surface area contributed by atoms with Crippen molar-refractivity contribution in [2.24, 2.45) is 7.05 Å². The molecule has 0 spiro atoms. The number of rotatable bonds is 3. The average Bonchev–Trinajstić information content (AvgIpc) is 2.67. The summed E-state index contributed by atoms with van der Waals surface area (Å²) in [5.41, 5.74) is 6.07. The van der Waals surface area contributed by atoms with E-state index in [2.05, 4.69) is 10.2 Å². The van der Waals surface area contributed by atoms with Gasteiger partial charge in [-0.15, -0.1) is 10.2 Å². The average molecular weight is 251 g/mol. The molecule has 0 radical (unpaired) electrons. The van der Waals surface area contributed by atoms with Gasteiger partial charge in [0.15, 0.2) is 5.16 Å². The lowest BCUT2D eigenvalue weighted by molar-refractivity contribution is -0.384. The van der Waals surface area contributed by atoms with Crippen LogP contribution in [-0.2, 0) is 7.05 Å². The molecule has 17 heavy (non-hydrogen) atoms. The number of aryl methyl sites for hydroxylation is 1. The van der Waals surface area contributed by atoms with Crippen molar-refractivity contribution >= 4 is 23.1 Å². The summed E-state index contributed by atoms with van der Waals surface area (Å²) < 4.78 is 1.74. The van der Waals surface area contributed by atoms with E-state index in [9.17, 15) is 10.1 Å². The topological polar surface area (TPSA) is 99.9 Å². The zero-order chi connectivity index (χ0) is 12.4. The van der Waals surface area contributed by atoms with Crippen LogP contribution < -0.4 is 5.73 Å². The molecule has 2 aromatic rings. The van der Waals surface area contributed by atoms with Crippen LogP contribution in [0, 0.1) is 10.1 Å². The minimum absolute atomic E-state index is 0.0233. The maximum atomic E-state index is 10.6. The third kappa shape index (κ3) is 2.36. The predicted octanol–water partition coefficient (Wildman–Crippen LogP) is 1.46. The number of non-ortho nitro benzene ring substituents is 1. The van der Waals surface area contributed by atoms with Crippen LogP contribution in [0.5, 0.6) is 0 Å². The lowest BCUT2D eigenvalue weighted by Crippen LogP contribution is -1.94. The highest BCUT2D eigenvalue weighted by molar-refractivity contribution is 7.99. The van der Waals surface area contributed by atoms with Gasteiger partial charge >= 0.3 is 0 Å². The van der Waals surface area contributed by atoms with E-state index in [1.54, 1.807) is 17.0 Å². The van der Waals surface area contributed by atoms with Crippen LogP contribution in [0.2, 0.25) is 0 Å². The van der Waals surface area contributed by atoms with Crippen LogP contribution >= 0.6 is 11.8 Å². The largest absolute Gasteiger partial charge is 0.398 e. The van der Waals surface area contributed by atoms with Crippen LogP contribution in [0.15, 0.2) is 34.6 Å². The molecule has 1 heterocycles. The summed E-state index contributed by atoms with van der Waals surface area (Å²) in [5, 5.41) is 18.9. The lowest BCUT2D eigenvalue weighted by atomic mass is 10.3. The van der Waals surface area contributed by atoms with E-state index in [1.165, 1.54) is 23.9 Å². The molecule has 0 saturated heterocycles. The second-order valence-corrected chi connectivity index (χ2v) is 4.31. The fourth-order valence-corrected chi connectivity index (χ4v) is 1.99. The van der Waals surface area contributed by atoms with E-state index in [4.69, 9.17) is 5.73 Å². The molecule has 88 valence electrons.